The molecule has 0 unspecified atom stereocenters. The normalized spacial score (nSPS) is 30.7. The van der Waals surface area contributed by atoms with Crippen LogP contribution in [-0.2, 0) is 19.1 Å². The summed E-state index contributed by atoms with van der Waals surface area (Å²) in [6, 6.07) is -0.169. The van der Waals surface area contributed by atoms with E-state index < -0.39 is 5.60 Å². The summed E-state index contributed by atoms with van der Waals surface area (Å²) in [6.45, 7) is 6.46. The van der Waals surface area contributed by atoms with E-state index in [1.54, 1.807) is 0 Å². The summed E-state index contributed by atoms with van der Waals surface area (Å²) in [5, 5.41) is 0. The van der Waals surface area contributed by atoms with Crippen molar-refractivity contribution in [3.63, 3.8) is 0 Å². The molecule has 5 nitrogen and oxygen atoms in total. The maximum absolute atomic E-state index is 12.4. The Kier molecular flexibility index (Phi) is 4.37. The molecular weight excluding hydrogens is 258 g/mol. The highest BCUT2D eigenvalue weighted by Crippen LogP contribution is 2.37. The Labute approximate surface area is 120 Å². The number of rotatable bonds is 2. The first-order chi connectivity index (χ1) is 9.33. The first-order valence-corrected chi connectivity index (χ1v) is 7.40. The molecule has 2 aliphatic heterocycles. The number of carbonyl (C=O) groups excluding carboxylic acids is 2. The minimum atomic E-state index is -0.494. The molecule has 2 saturated heterocycles. The molecule has 0 spiro atoms. The Hall–Kier alpha value is -1.10. The molecule has 2 fully saturated rings. The summed E-state index contributed by atoms with van der Waals surface area (Å²) in [4.78, 5) is 26.4. The molecule has 5 heteroatoms. The third kappa shape index (κ3) is 3.14. The lowest BCUT2D eigenvalue weighted by molar-refractivity contribution is -0.161. The minimum absolute atomic E-state index is 0.133. The van der Waals surface area contributed by atoms with Gasteiger partial charge in [-0.2, -0.15) is 0 Å². The fraction of sp³-hybridized carbons (Fsp3) is 0.867. The number of hydrogen-bond donors (Lipinski definition) is 0. The monoisotopic (exact) mass is 283 g/mol. The van der Waals surface area contributed by atoms with Crippen molar-refractivity contribution in [2.75, 3.05) is 13.7 Å². The molecule has 2 aliphatic rings. The van der Waals surface area contributed by atoms with Gasteiger partial charge in [0.2, 0.25) is 0 Å². The molecule has 3 atom stereocenters. The lowest BCUT2D eigenvalue weighted by atomic mass is 9.93. The molecule has 114 valence electrons. The predicted molar refractivity (Wildman–Crippen MR) is 74.1 cm³/mol. The van der Waals surface area contributed by atoms with Crippen LogP contribution in [0.25, 0.3) is 0 Å². The fourth-order valence-electron chi connectivity index (χ4n) is 3.34. The van der Waals surface area contributed by atoms with Gasteiger partial charge in [-0.25, -0.2) is 0 Å². The summed E-state index contributed by atoms with van der Waals surface area (Å²) in [7, 11) is 1.41. The van der Waals surface area contributed by atoms with Gasteiger partial charge in [0.15, 0.2) is 0 Å². The summed E-state index contributed by atoms with van der Waals surface area (Å²) >= 11 is 0. The first-order valence-electron chi connectivity index (χ1n) is 7.40. The molecule has 0 bridgehead atoms. The molecule has 2 heterocycles. The Morgan fingerprint density at radius 3 is 2.45 bits per heavy atom. The zero-order chi connectivity index (χ0) is 14.9. The van der Waals surface area contributed by atoms with Crippen LogP contribution in [-0.4, -0.2) is 48.2 Å². The number of piperidine rings is 1. The lowest BCUT2D eigenvalue weighted by Gasteiger charge is -2.34. The van der Waals surface area contributed by atoms with Crippen molar-refractivity contribution in [3.8, 4) is 0 Å². The second-order valence-corrected chi connectivity index (χ2v) is 6.72. The van der Waals surface area contributed by atoms with E-state index >= 15 is 0 Å². The van der Waals surface area contributed by atoms with Gasteiger partial charge in [-0.1, -0.05) is 6.42 Å². The third-order valence-electron chi connectivity index (χ3n) is 4.12. The third-order valence-corrected chi connectivity index (χ3v) is 4.12. The number of carbonyl (C=O) groups is 2. The van der Waals surface area contributed by atoms with Gasteiger partial charge >= 0.3 is 11.9 Å². The van der Waals surface area contributed by atoms with Crippen LogP contribution >= 0.6 is 0 Å². The fourth-order valence-corrected chi connectivity index (χ4v) is 3.34. The van der Waals surface area contributed by atoms with E-state index in [0.717, 1.165) is 25.8 Å². The smallest absolute Gasteiger partial charge is 0.323 e. The van der Waals surface area contributed by atoms with Crippen molar-refractivity contribution in [3.05, 3.63) is 0 Å². The highest BCUT2D eigenvalue weighted by atomic mass is 16.6. The summed E-state index contributed by atoms with van der Waals surface area (Å²) < 4.78 is 10.4. The van der Waals surface area contributed by atoms with Gasteiger partial charge in [0, 0.05) is 6.04 Å². The lowest BCUT2D eigenvalue weighted by Crippen LogP contribution is -2.46. The summed E-state index contributed by atoms with van der Waals surface area (Å²) in [6.07, 6.45) is 3.66. The van der Waals surface area contributed by atoms with Crippen LogP contribution < -0.4 is 0 Å². The molecule has 0 N–H and O–H groups in total. The zero-order valence-electron chi connectivity index (χ0n) is 12.8. The topological polar surface area (TPSA) is 55.8 Å². The second-order valence-electron chi connectivity index (χ2n) is 6.72. The summed E-state index contributed by atoms with van der Waals surface area (Å²) in [5.74, 6) is -0.610. The molecule has 0 radical (unpaired) electrons. The molecule has 20 heavy (non-hydrogen) atoms. The molecule has 0 amide bonds. The number of hydrogen-bond acceptors (Lipinski definition) is 5. The van der Waals surface area contributed by atoms with Gasteiger partial charge in [-0.05, 0) is 46.6 Å². The SMILES string of the molecule is COC(=O)[C@H]1C[C@@H](C(=O)OC(C)(C)C)N2CCCC[C@@H]12. The molecule has 2 rings (SSSR count). The number of nitrogens with zero attached hydrogens (tertiary/aromatic N) is 1. The Bertz CT molecular complexity index is 388. The molecule has 0 aliphatic carbocycles. The van der Waals surface area contributed by atoms with Crippen molar-refractivity contribution in [1.29, 1.82) is 0 Å². The van der Waals surface area contributed by atoms with Gasteiger partial charge in [-0.15, -0.1) is 0 Å². The Balaban J connectivity index is 2.13. The van der Waals surface area contributed by atoms with E-state index in [0.29, 0.717) is 6.42 Å². The minimum Gasteiger partial charge on any atom is -0.469 e. The standard InChI is InChI=1S/C15H25NO4/c1-15(2,3)20-14(18)12-9-10(13(17)19-4)11-7-5-6-8-16(11)12/h10-12H,5-9H2,1-4H3/t10-,11-,12-/m0/s1. The van der Waals surface area contributed by atoms with E-state index in [-0.39, 0.29) is 29.9 Å². The van der Waals surface area contributed by atoms with Crippen molar-refractivity contribution < 1.29 is 19.1 Å². The van der Waals surface area contributed by atoms with E-state index in [1.807, 2.05) is 20.8 Å². The van der Waals surface area contributed by atoms with Crippen LogP contribution in [0.1, 0.15) is 46.5 Å². The number of ether oxygens (including phenoxy) is 2. The van der Waals surface area contributed by atoms with Crippen LogP contribution in [0.3, 0.4) is 0 Å². The van der Waals surface area contributed by atoms with Crippen LogP contribution in [0, 0.1) is 5.92 Å². The van der Waals surface area contributed by atoms with Crippen molar-refractivity contribution in [2.45, 2.75) is 64.1 Å². The number of esters is 2. The average molecular weight is 283 g/mol. The zero-order valence-corrected chi connectivity index (χ0v) is 12.8. The van der Waals surface area contributed by atoms with E-state index in [1.165, 1.54) is 7.11 Å². The van der Waals surface area contributed by atoms with Crippen molar-refractivity contribution in [2.24, 2.45) is 5.92 Å². The van der Waals surface area contributed by atoms with Gasteiger partial charge in [0.25, 0.3) is 0 Å². The predicted octanol–water partition coefficient (Wildman–Crippen LogP) is 1.74. The quantitative estimate of drug-likeness (QED) is 0.723. The van der Waals surface area contributed by atoms with Crippen LogP contribution in [0.5, 0.6) is 0 Å². The van der Waals surface area contributed by atoms with Gasteiger partial charge in [0.1, 0.15) is 11.6 Å². The van der Waals surface area contributed by atoms with Crippen LogP contribution in [0.4, 0.5) is 0 Å². The van der Waals surface area contributed by atoms with E-state index in [2.05, 4.69) is 4.90 Å². The molecule has 0 aromatic carbocycles. The number of methoxy groups -OCH3 is 1. The average Bonchev–Trinajstić information content (AvgIpc) is 2.75. The Morgan fingerprint density at radius 1 is 1.15 bits per heavy atom. The second kappa shape index (κ2) is 5.72. The number of fused-ring (bicyclic) bond motifs is 1. The maximum Gasteiger partial charge on any atom is 0.323 e. The largest absolute Gasteiger partial charge is 0.469 e. The van der Waals surface area contributed by atoms with Crippen LogP contribution in [0.15, 0.2) is 0 Å². The molecule has 0 aromatic rings. The summed E-state index contributed by atoms with van der Waals surface area (Å²) in [5.41, 5.74) is -0.494. The van der Waals surface area contributed by atoms with Crippen molar-refractivity contribution in [1.82, 2.24) is 4.90 Å². The molecular formula is C15H25NO4. The maximum atomic E-state index is 12.4. The highest BCUT2D eigenvalue weighted by Gasteiger charge is 2.49. The molecule has 0 saturated carbocycles. The highest BCUT2D eigenvalue weighted by molar-refractivity contribution is 5.80. The van der Waals surface area contributed by atoms with Crippen molar-refractivity contribution >= 4 is 11.9 Å². The first kappa shape index (κ1) is 15.3. The van der Waals surface area contributed by atoms with E-state index in [4.69, 9.17) is 9.47 Å². The van der Waals surface area contributed by atoms with Gasteiger partial charge < -0.3 is 9.47 Å². The molecule has 0 aromatic heterocycles. The Morgan fingerprint density at radius 2 is 1.85 bits per heavy atom. The van der Waals surface area contributed by atoms with Gasteiger partial charge in [0.05, 0.1) is 13.0 Å². The van der Waals surface area contributed by atoms with Crippen LogP contribution in [0.2, 0.25) is 0 Å². The van der Waals surface area contributed by atoms with Gasteiger partial charge in [-0.3, -0.25) is 14.5 Å². The van der Waals surface area contributed by atoms with E-state index in [9.17, 15) is 9.59 Å².